The van der Waals surface area contributed by atoms with E-state index in [0.717, 1.165) is 0 Å². The molecule has 0 aromatic carbocycles. The van der Waals surface area contributed by atoms with Crippen molar-refractivity contribution in [3.8, 4) is 0 Å². The van der Waals surface area contributed by atoms with E-state index in [9.17, 15) is 4.79 Å². The van der Waals surface area contributed by atoms with Crippen molar-refractivity contribution in [3.05, 3.63) is 0 Å². The number of hydrogen-bond acceptors (Lipinski definition) is 5. The van der Waals surface area contributed by atoms with Gasteiger partial charge in [-0.15, -0.1) is 0 Å². The SMILES string of the molecule is NCC(CC(N)C(N)=O)C(N)N. The van der Waals surface area contributed by atoms with Gasteiger partial charge in [-0.1, -0.05) is 0 Å². The zero-order chi connectivity index (χ0) is 9.72. The molecule has 12 heavy (non-hydrogen) atoms. The first-order chi connectivity index (χ1) is 5.49. The molecule has 0 spiro atoms. The number of hydrogen-bond donors (Lipinski definition) is 5. The van der Waals surface area contributed by atoms with E-state index < -0.39 is 18.1 Å². The van der Waals surface area contributed by atoms with E-state index in [2.05, 4.69) is 0 Å². The van der Waals surface area contributed by atoms with Crippen molar-refractivity contribution in [1.82, 2.24) is 0 Å². The topological polar surface area (TPSA) is 147 Å². The van der Waals surface area contributed by atoms with E-state index in [4.69, 9.17) is 28.7 Å². The van der Waals surface area contributed by atoms with E-state index in [0.29, 0.717) is 13.0 Å². The molecule has 0 radical (unpaired) electrons. The number of nitrogens with two attached hydrogens (primary N) is 5. The second-order valence-electron chi connectivity index (χ2n) is 2.82. The van der Waals surface area contributed by atoms with E-state index in [1.807, 2.05) is 0 Å². The number of rotatable bonds is 5. The van der Waals surface area contributed by atoms with Crippen LogP contribution in [0.15, 0.2) is 0 Å². The molecule has 0 bridgehead atoms. The van der Waals surface area contributed by atoms with Crippen LogP contribution in [0, 0.1) is 5.92 Å². The molecule has 0 saturated carbocycles. The van der Waals surface area contributed by atoms with Gasteiger partial charge >= 0.3 is 0 Å². The van der Waals surface area contributed by atoms with E-state index >= 15 is 0 Å². The van der Waals surface area contributed by atoms with Gasteiger partial charge in [0.15, 0.2) is 0 Å². The van der Waals surface area contributed by atoms with Crippen molar-refractivity contribution >= 4 is 5.91 Å². The molecule has 0 fully saturated rings. The van der Waals surface area contributed by atoms with Crippen LogP contribution in [0.3, 0.4) is 0 Å². The average Bonchev–Trinajstić information content (AvgIpc) is 1.98. The van der Waals surface area contributed by atoms with Gasteiger partial charge in [0, 0.05) is 5.92 Å². The van der Waals surface area contributed by atoms with Crippen molar-refractivity contribution in [2.24, 2.45) is 34.6 Å². The van der Waals surface area contributed by atoms with Crippen LogP contribution in [0.5, 0.6) is 0 Å². The van der Waals surface area contributed by atoms with Gasteiger partial charge in [0.25, 0.3) is 0 Å². The molecule has 0 heterocycles. The molecule has 0 aliphatic rings. The normalized spacial score (nSPS) is 16.1. The van der Waals surface area contributed by atoms with Crippen LogP contribution in [0.25, 0.3) is 0 Å². The first-order valence-corrected chi connectivity index (χ1v) is 3.75. The lowest BCUT2D eigenvalue weighted by molar-refractivity contribution is -0.119. The summed E-state index contributed by atoms with van der Waals surface area (Å²) in [6.07, 6.45) is -0.218. The van der Waals surface area contributed by atoms with Crippen LogP contribution in [-0.2, 0) is 4.79 Å². The number of carbonyl (C=O) groups is 1. The Bertz CT molecular complexity index is 149. The van der Waals surface area contributed by atoms with Crippen LogP contribution < -0.4 is 28.7 Å². The zero-order valence-electron chi connectivity index (χ0n) is 6.94. The Labute approximate surface area is 71.4 Å². The second-order valence-corrected chi connectivity index (χ2v) is 2.82. The van der Waals surface area contributed by atoms with E-state index in [1.165, 1.54) is 0 Å². The summed E-state index contributed by atoms with van der Waals surface area (Å²) >= 11 is 0. The molecule has 2 unspecified atom stereocenters. The minimum absolute atomic E-state index is 0.160. The Hall–Kier alpha value is -0.690. The highest BCUT2D eigenvalue weighted by Crippen LogP contribution is 2.04. The molecule has 0 saturated heterocycles. The van der Waals surface area contributed by atoms with E-state index in [-0.39, 0.29) is 5.92 Å². The maximum Gasteiger partial charge on any atom is 0.234 e. The lowest BCUT2D eigenvalue weighted by Crippen LogP contribution is -2.47. The van der Waals surface area contributed by atoms with Gasteiger partial charge in [-0.3, -0.25) is 4.79 Å². The summed E-state index contributed by atoms with van der Waals surface area (Å²) in [5.41, 5.74) is 26.5. The Morgan fingerprint density at radius 3 is 2.00 bits per heavy atom. The maximum absolute atomic E-state index is 10.5. The number of carbonyl (C=O) groups excluding carboxylic acids is 1. The Morgan fingerprint density at radius 1 is 1.25 bits per heavy atom. The molecule has 10 N–H and O–H groups in total. The second kappa shape index (κ2) is 5.04. The zero-order valence-corrected chi connectivity index (χ0v) is 6.94. The molecule has 72 valence electrons. The van der Waals surface area contributed by atoms with E-state index in [1.54, 1.807) is 0 Å². The quantitative estimate of drug-likeness (QED) is 0.283. The highest BCUT2D eigenvalue weighted by molar-refractivity contribution is 5.79. The predicted octanol–water partition coefficient (Wildman–Crippen LogP) is -2.99. The lowest BCUT2D eigenvalue weighted by atomic mass is 9.98. The molecular formula is C6H17N5O. The first-order valence-electron chi connectivity index (χ1n) is 3.75. The summed E-state index contributed by atoms with van der Waals surface area (Å²) in [4.78, 5) is 10.5. The largest absolute Gasteiger partial charge is 0.368 e. The van der Waals surface area contributed by atoms with Crippen LogP contribution in [0.4, 0.5) is 0 Å². The molecule has 6 heteroatoms. The predicted molar refractivity (Wildman–Crippen MR) is 46.5 cm³/mol. The van der Waals surface area contributed by atoms with Gasteiger partial charge in [-0.05, 0) is 13.0 Å². The third kappa shape index (κ3) is 3.63. The Kier molecular flexibility index (Phi) is 4.75. The molecule has 6 nitrogen and oxygen atoms in total. The van der Waals surface area contributed by atoms with Gasteiger partial charge in [-0.25, -0.2) is 0 Å². The summed E-state index contributed by atoms with van der Waals surface area (Å²) in [7, 11) is 0. The molecule has 0 aliphatic carbocycles. The third-order valence-corrected chi connectivity index (χ3v) is 1.77. The van der Waals surface area contributed by atoms with Crippen molar-refractivity contribution in [2.45, 2.75) is 18.6 Å². The molecule has 0 aliphatic heterocycles. The number of amides is 1. The van der Waals surface area contributed by atoms with Gasteiger partial charge < -0.3 is 28.7 Å². The number of primary amides is 1. The first kappa shape index (κ1) is 11.3. The highest BCUT2D eigenvalue weighted by Gasteiger charge is 2.19. The summed E-state index contributed by atoms with van der Waals surface area (Å²) in [5.74, 6) is -0.721. The average molecular weight is 175 g/mol. The van der Waals surface area contributed by atoms with Gasteiger partial charge in [-0.2, -0.15) is 0 Å². The fraction of sp³-hybridized carbons (Fsp3) is 0.833. The molecular weight excluding hydrogens is 158 g/mol. The van der Waals surface area contributed by atoms with Gasteiger partial charge in [0.05, 0.1) is 12.2 Å². The van der Waals surface area contributed by atoms with Crippen molar-refractivity contribution < 1.29 is 4.79 Å². The fourth-order valence-electron chi connectivity index (χ4n) is 0.853. The van der Waals surface area contributed by atoms with Crippen LogP contribution in [-0.4, -0.2) is 24.7 Å². The highest BCUT2D eigenvalue weighted by atomic mass is 16.1. The lowest BCUT2D eigenvalue weighted by Gasteiger charge is -2.20. The van der Waals surface area contributed by atoms with Gasteiger partial charge in [0.1, 0.15) is 0 Å². The summed E-state index contributed by atoms with van der Waals surface area (Å²) < 4.78 is 0. The summed E-state index contributed by atoms with van der Waals surface area (Å²) in [5, 5.41) is 0. The molecule has 0 rings (SSSR count). The van der Waals surface area contributed by atoms with Crippen LogP contribution in [0.1, 0.15) is 6.42 Å². The molecule has 0 aromatic heterocycles. The van der Waals surface area contributed by atoms with Crippen molar-refractivity contribution in [3.63, 3.8) is 0 Å². The summed E-state index contributed by atoms with van der Waals surface area (Å²) in [6.45, 7) is 0.304. The summed E-state index contributed by atoms with van der Waals surface area (Å²) in [6, 6.07) is -0.715. The monoisotopic (exact) mass is 175 g/mol. The maximum atomic E-state index is 10.5. The molecule has 2 atom stereocenters. The third-order valence-electron chi connectivity index (χ3n) is 1.77. The van der Waals surface area contributed by atoms with Crippen LogP contribution >= 0.6 is 0 Å². The van der Waals surface area contributed by atoms with Crippen molar-refractivity contribution in [1.29, 1.82) is 0 Å². The standard InChI is InChI=1S/C6H17N5O/c7-2-3(5(9)10)1-4(8)6(11)12/h3-5H,1-2,7-10H2,(H2,11,12). The van der Waals surface area contributed by atoms with Gasteiger partial charge in [0.2, 0.25) is 5.91 Å². The molecule has 1 amide bonds. The van der Waals surface area contributed by atoms with Crippen LogP contribution in [0.2, 0.25) is 0 Å². The smallest absolute Gasteiger partial charge is 0.234 e. The molecule has 0 aromatic rings. The van der Waals surface area contributed by atoms with Crippen molar-refractivity contribution in [2.75, 3.05) is 6.54 Å². The Balaban J connectivity index is 3.93. The Morgan fingerprint density at radius 2 is 1.75 bits per heavy atom. The minimum Gasteiger partial charge on any atom is -0.368 e. The minimum atomic E-state index is -0.715. The fourth-order valence-corrected chi connectivity index (χ4v) is 0.853.